The number of carbonyl (C=O) groups is 7. The molecule has 15 heteroatoms. The summed E-state index contributed by atoms with van der Waals surface area (Å²) in [6, 6.07) is 6.00. The van der Waals surface area contributed by atoms with Crippen molar-refractivity contribution in [2.24, 2.45) is 17.3 Å². The van der Waals surface area contributed by atoms with Gasteiger partial charge in [-0.2, -0.15) is 0 Å². The molecule has 294 valence electrons. The number of allylic oxidation sites excluding steroid dienone is 1. The van der Waals surface area contributed by atoms with Crippen molar-refractivity contribution in [1.82, 2.24) is 9.97 Å². The average Bonchev–Trinajstić information content (AvgIpc) is 3.33. The van der Waals surface area contributed by atoms with Gasteiger partial charge in [0, 0.05) is 82.2 Å². The lowest BCUT2D eigenvalue weighted by Crippen LogP contribution is -2.57. The van der Waals surface area contributed by atoms with Crippen molar-refractivity contribution in [3.8, 4) is 0 Å². The van der Waals surface area contributed by atoms with E-state index in [2.05, 4.69) is 16.5 Å². The van der Waals surface area contributed by atoms with Crippen LogP contribution in [0.4, 0.5) is 0 Å². The van der Waals surface area contributed by atoms with Crippen LogP contribution in [0.25, 0.3) is 0 Å². The number of rotatable bonds is 8. The monoisotopic (exact) mass is 762 g/mol. The molecule has 0 aliphatic heterocycles. The van der Waals surface area contributed by atoms with Gasteiger partial charge in [-0.3, -0.25) is 33.9 Å². The second-order valence-corrected chi connectivity index (χ2v) is 14.6. The summed E-state index contributed by atoms with van der Waals surface area (Å²) in [6.45, 7) is 14.9. The minimum atomic E-state index is -2.32. The van der Waals surface area contributed by atoms with Crippen molar-refractivity contribution in [3.63, 3.8) is 0 Å². The maximum absolute atomic E-state index is 15.1. The molecular formula is C40H46N2O13. The van der Waals surface area contributed by atoms with E-state index in [1.54, 1.807) is 26.0 Å². The fraction of sp³-hybridized carbons (Fsp3) is 0.475. The molecular weight excluding hydrogens is 716 g/mol. The van der Waals surface area contributed by atoms with Crippen molar-refractivity contribution in [3.05, 3.63) is 84.5 Å². The lowest BCUT2D eigenvalue weighted by molar-refractivity contribution is -0.187. The molecule has 4 rings (SSSR count). The van der Waals surface area contributed by atoms with Gasteiger partial charge < -0.3 is 28.4 Å². The van der Waals surface area contributed by atoms with Gasteiger partial charge in [-0.25, -0.2) is 9.59 Å². The number of aromatic nitrogens is 2. The fourth-order valence-electron chi connectivity index (χ4n) is 7.22. The molecule has 0 bridgehead atoms. The number of hydrogen-bond acceptors (Lipinski definition) is 15. The largest absolute Gasteiger partial charge is 0.458 e. The number of carbonyl (C=O) groups excluding carboxylic acids is 7. The molecule has 2 heterocycles. The predicted molar refractivity (Wildman–Crippen MR) is 192 cm³/mol. The van der Waals surface area contributed by atoms with Crippen LogP contribution < -0.4 is 0 Å². The predicted octanol–water partition coefficient (Wildman–Crippen LogP) is 4.48. The lowest BCUT2D eigenvalue weighted by Gasteiger charge is -2.42. The highest BCUT2D eigenvalue weighted by Crippen LogP contribution is 2.54. The summed E-state index contributed by atoms with van der Waals surface area (Å²) in [7, 11) is 0. The summed E-state index contributed by atoms with van der Waals surface area (Å²) in [6.07, 6.45) is 2.02. The minimum Gasteiger partial charge on any atom is -0.458 e. The summed E-state index contributed by atoms with van der Waals surface area (Å²) >= 11 is 0. The summed E-state index contributed by atoms with van der Waals surface area (Å²) < 4.78 is 35.6. The van der Waals surface area contributed by atoms with Crippen LogP contribution in [0.2, 0.25) is 0 Å². The van der Waals surface area contributed by atoms with Gasteiger partial charge >= 0.3 is 35.8 Å². The summed E-state index contributed by atoms with van der Waals surface area (Å²) in [5.41, 5.74) is -5.31. The van der Waals surface area contributed by atoms with Crippen LogP contribution in [0.1, 0.15) is 88.9 Å². The molecule has 1 fully saturated rings. The Bertz CT molecular complexity index is 1860. The van der Waals surface area contributed by atoms with Gasteiger partial charge in [-0.15, -0.1) is 0 Å². The van der Waals surface area contributed by atoms with Gasteiger partial charge in [0.1, 0.15) is 18.3 Å². The Morgan fingerprint density at radius 1 is 0.764 bits per heavy atom. The molecule has 2 aliphatic rings. The van der Waals surface area contributed by atoms with Crippen LogP contribution in [0.3, 0.4) is 0 Å². The van der Waals surface area contributed by atoms with Crippen LogP contribution in [0, 0.1) is 17.3 Å². The van der Waals surface area contributed by atoms with E-state index in [4.69, 9.17) is 28.4 Å². The highest BCUT2D eigenvalue weighted by molar-refractivity contribution is 5.94. The Kier molecular flexibility index (Phi) is 12.8. The Balaban J connectivity index is 2.02. The SMILES string of the molecule is C=C1[C@H](OC(C)=O)C[C@@H](OC(=O)c2cccnc2)C(C)(C)/C=C\[C@@H](C)C(=O)[C@@]2(OC(C)=O)C[C@@](C)(OC(=O)c3cccnc3)[C@H](OC(C)=O)[C@@H]2[C@H]1OC(C)=O. The molecule has 2 aromatic rings. The topological polar surface area (TPSA) is 201 Å². The maximum Gasteiger partial charge on any atom is 0.340 e. The van der Waals surface area contributed by atoms with E-state index in [1.807, 2.05) is 0 Å². The van der Waals surface area contributed by atoms with Crippen LogP contribution in [-0.2, 0) is 52.4 Å². The molecule has 8 atom stereocenters. The number of fused-ring (bicyclic) bond motifs is 1. The van der Waals surface area contributed by atoms with E-state index in [1.165, 1.54) is 62.9 Å². The highest BCUT2D eigenvalue weighted by atomic mass is 16.6. The third-order valence-corrected chi connectivity index (χ3v) is 9.68. The molecule has 1 saturated carbocycles. The van der Waals surface area contributed by atoms with Crippen molar-refractivity contribution < 1.29 is 62.0 Å². The van der Waals surface area contributed by atoms with Gasteiger partial charge in [0.2, 0.25) is 0 Å². The Morgan fingerprint density at radius 2 is 1.33 bits per heavy atom. The van der Waals surface area contributed by atoms with E-state index in [0.29, 0.717) is 0 Å². The quantitative estimate of drug-likeness (QED) is 0.207. The van der Waals surface area contributed by atoms with Crippen LogP contribution in [-0.4, -0.2) is 87.2 Å². The number of pyridine rings is 2. The first-order valence-electron chi connectivity index (χ1n) is 17.6. The standard InChI is InChI=1S/C40H46N2O13/c1-22-14-15-38(7,8)31(53-36(48)28-12-10-16-41-19-28)18-30(50-24(3)43)23(2)33(51-25(4)44)32-35(52-26(5)45)39(9,21-40(32,34(22)47)54-27(6)46)55-37(49)29-13-11-17-42-20-29/h10-17,19-20,22,30-33,35H,2,18,21H2,1,3-9H3/b15-14-/t22-,30-,31-,32+,33+,35-,39-,40-/m1/s1. The van der Waals surface area contributed by atoms with E-state index < -0.39 is 101 Å². The smallest absolute Gasteiger partial charge is 0.340 e. The highest BCUT2D eigenvalue weighted by Gasteiger charge is 2.71. The van der Waals surface area contributed by atoms with E-state index in [0.717, 1.165) is 27.7 Å². The third kappa shape index (κ3) is 9.51. The van der Waals surface area contributed by atoms with Crippen LogP contribution in [0.5, 0.6) is 0 Å². The van der Waals surface area contributed by atoms with Gasteiger partial charge in [-0.1, -0.05) is 39.5 Å². The third-order valence-electron chi connectivity index (χ3n) is 9.68. The van der Waals surface area contributed by atoms with Crippen molar-refractivity contribution in [2.45, 2.75) is 104 Å². The maximum atomic E-state index is 15.1. The molecule has 0 aromatic carbocycles. The van der Waals surface area contributed by atoms with Crippen molar-refractivity contribution >= 4 is 41.6 Å². The molecule has 2 aliphatic carbocycles. The fourth-order valence-corrected chi connectivity index (χ4v) is 7.22. The van der Waals surface area contributed by atoms with Gasteiger partial charge in [0.25, 0.3) is 0 Å². The Hall–Kier alpha value is -5.73. The van der Waals surface area contributed by atoms with Crippen LogP contribution >= 0.6 is 0 Å². The summed E-state index contributed by atoms with van der Waals surface area (Å²) in [5, 5.41) is 0. The van der Waals surface area contributed by atoms with E-state index in [-0.39, 0.29) is 23.1 Å². The number of ketones is 1. The molecule has 0 radical (unpaired) electrons. The molecule has 2 aromatic heterocycles. The Morgan fingerprint density at radius 3 is 1.84 bits per heavy atom. The number of nitrogens with zero attached hydrogens (tertiary/aromatic N) is 2. The normalized spacial score (nSPS) is 29.5. The Labute approximate surface area is 318 Å². The second kappa shape index (κ2) is 16.7. The molecule has 0 saturated heterocycles. The van der Waals surface area contributed by atoms with Gasteiger partial charge in [-0.05, 0) is 31.2 Å². The summed E-state index contributed by atoms with van der Waals surface area (Å²) in [5.74, 6) is -8.62. The van der Waals surface area contributed by atoms with Crippen molar-refractivity contribution in [1.29, 1.82) is 0 Å². The molecule has 0 N–H and O–H groups in total. The van der Waals surface area contributed by atoms with Gasteiger partial charge in [0.05, 0.1) is 17.0 Å². The minimum absolute atomic E-state index is 0.0188. The number of hydrogen-bond donors (Lipinski definition) is 0. The average molecular weight is 763 g/mol. The lowest BCUT2D eigenvalue weighted by atomic mass is 9.72. The number of ether oxygens (including phenoxy) is 6. The zero-order chi connectivity index (χ0) is 40.9. The zero-order valence-electron chi connectivity index (χ0n) is 32.1. The molecule has 0 spiro atoms. The van der Waals surface area contributed by atoms with Gasteiger partial charge in [0.15, 0.2) is 23.1 Å². The summed E-state index contributed by atoms with van der Waals surface area (Å²) in [4.78, 5) is 102. The molecule has 0 unspecified atom stereocenters. The van der Waals surface area contributed by atoms with E-state index in [9.17, 15) is 28.8 Å². The van der Waals surface area contributed by atoms with Crippen molar-refractivity contribution in [2.75, 3.05) is 0 Å². The molecule has 15 nitrogen and oxygen atoms in total. The first-order chi connectivity index (χ1) is 25.7. The second-order valence-electron chi connectivity index (χ2n) is 14.6. The zero-order valence-corrected chi connectivity index (χ0v) is 32.1. The first kappa shape index (κ1) is 42.0. The molecule has 55 heavy (non-hydrogen) atoms. The number of Topliss-reactive ketones (excluding diaryl/α,β-unsaturated/α-hetero) is 1. The number of esters is 6. The van der Waals surface area contributed by atoms with E-state index >= 15 is 4.79 Å². The first-order valence-corrected chi connectivity index (χ1v) is 17.6. The van der Waals surface area contributed by atoms with Crippen LogP contribution in [0.15, 0.2) is 73.4 Å². The molecule has 0 amide bonds.